The summed E-state index contributed by atoms with van der Waals surface area (Å²) in [7, 11) is 0. The molecule has 2 atom stereocenters. The second-order valence-corrected chi connectivity index (χ2v) is 7.54. The molecule has 0 aromatic carbocycles. The van der Waals surface area contributed by atoms with E-state index in [0.717, 1.165) is 12.2 Å². The number of halogens is 1. The van der Waals surface area contributed by atoms with E-state index in [4.69, 9.17) is 16.4 Å². The van der Waals surface area contributed by atoms with Crippen molar-refractivity contribution in [3.8, 4) is 0 Å². The second-order valence-electron chi connectivity index (χ2n) is 5.57. The number of Topliss-reactive ketones (excluding diaryl/α,β-unsaturated/α-hetero) is 1. The van der Waals surface area contributed by atoms with Crippen LogP contribution in [-0.2, 0) is 9.63 Å². The van der Waals surface area contributed by atoms with Crippen LogP contribution in [0.4, 0.5) is 0 Å². The molecule has 0 unspecified atom stereocenters. The number of allylic oxidation sites excluding steroid dienone is 2. The summed E-state index contributed by atoms with van der Waals surface area (Å²) >= 11 is 7.30. The topological polar surface area (TPSA) is 58.9 Å². The maximum absolute atomic E-state index is 12.4. The molecule has 0 aromatic rings. The van der Waals surface area contributed by atoms with Gasteiger partial charge in [-0.25, -0.2) is 0 Å². The summed E-state index contributed by atoms with van der Waals surface area (Å²) in [5.74, 6) is 1.38. The molecule has 0 fully saturated rings. The number of aliphatic hydroxyl groups is 1. The lowest BCUT2D eigenvalue weighted by molar-refractivity contribution is -0.116. The minimum atomic E-state index is -0.0375. The number of hydrogen-bond acceptors (Lipinski definition) is 5. The Balaban J connectivity index is 2.79. The summed E-state index contributed by atoms with van der Waals surface area (Å²) < 4.78 is 0. The molecule has 6 heteroatoms. The molecular weight excluding hydrogens is 334 g/mol. The highest BCUT2D eigenvalue weighted by atomic mass is 35.5. The molecule has 0 aromatic heterocycles. The van der Waals surface area contributed by atoms with Gasteiger partial charge in [0.2, 0.25) is 0 Å². The van der Waals surface area contributed by atoms with Crippen LogP contribution in [0, 0.1) is 5.92 Å². The number of carbonyl (C=O) groups is 1. The molecule has 1 aliphatic carbocycles. The molecule has 4 nitrogen and oxygen atoms in total. The van der Waals surface area contributed by atoms with Crippen LogP contribution in [0.3, 0.4) is 0 Å². The zero-order chi connectivity index (χ0) is 17.2. The van der Waals surface area contributed by atoms with Crippen LogP contribution in [-0.4, -0.2) is 34.2 Å². The van der Waals surface area contributed by atoms with Crippen molar-refractivity contribution in [2.24, 2.45) is 11.1 Å². The number of ketones is 1. The largest absolute Gasteiger partial charge is 0.511 e. The van der Waals surface area contributed by atoms with E-state index in [1.54, 1.807) is 6.08 Å². The molecule has 130 valence electrons. The molecular formula is C17H26ClNO3S. The monoisotopic (exact) mass is 359 g/mol. The van der Waals surface area contributed by atoms with E-state index < -0.39 is 0 Å². The number of aliphatic hydroxyl groups excluding tert-OH is 1. The highest BCUT2D eigenvalue weighted by Crippen LogP contribution is 2.32. The van der Waals surface area contributed by atoms with Crippen molar-refractivity contribution in [1.29, 1.82) is 0 Å². The maximum Gasteiger partial charge on any atom is 0.168 e. The van der Waals surface area contributed by atoms with Crippen LogP contribution < -0.4 is 0 Å². The second kappa shape index (κ2) is 10.8. The third kappa shape index (κ3) is 6.60. The molecule has 0 spiro atoms. The number of oxime groups is 1. The average Bonchev–Trinajstić information content (AvgIpc) is 2.49. The smallest absolute Gasteiger partial charge is 0.168 e. The Morgan fingerprint density at radius 3 is 2.83 bits per heavy atom. The molecule has 1 aliphatic rings. The fourth-order valence-electron chi connectivity index (χ4n) is 2.77. The standard InChI is InChI=1S/C17H26ClNO3S/c1-4-14(19-22-8-6-7-18)17-15(20)10-13(11-16(17)21)9-12(3)23-5-2/h6-7,12-13,20H,4-5,8-11H2,1-3H3/b7-6-,19-14-/t12-,13-/m1/s1. The van der Waals surface area contributed by atoms with Crippen LogP contribution in [0.15, 0.2) is 28.1 Å². The van der Waals surface area contributed by atoms with E-state index >= 15 is 0 Å². The van der Waals surface area contributed by atoms with Crippen molar-refractivity contribution in [3.05, 3.63) is 22.9 Å². The zero-order valence-corrected chi connectivity index (χ0v) is 15.6. The highest BCUT2D eigenvalue weighted by Gasteiger charge is 2.31. The summed E-state index contributed by atoms with van der Waals surface area (Å²) in [4.78, 5) is 17.6. The molecule has 0 radical (unpaired) electrons. The van der Waals surface area contributed by atoms with Crippen molar-refractivity contribution in [2.45, 2.75) is 51.7 Å². The fraction of sp³-hybridized carbons (Fsp3) is 0.647. The molecule has 23 heavy (non-hydrogen) atoms. The van der Waals surface area contributed by atoms with Gasteiger partial charge in [-0.05, 0) is 30.6 Å². The van der Waals surface area contributed by atoms with Gasteiger partial charge in [0.1, 0.15) is 12.4 Å². The van der Waals surface area contributed by atoms with Gasteiger partial charge in [-0.3, -0.25) is 4.79 Å². The van der Waals surface area contributed by atoms with E-state index in [-0.39, 0.29) is 24.1 Å². The maximum atomic E-state index is 12.4. The lowest BCUT2D eigenvalue weighted by atomic mass is 9.82. The van der Waals surface area contributed by atoms with E-state index in [1.807, 2.05) is 18.7 Å². The Labute approximate surface area is 148 Å². The van der Waals surface area contributed by atoms with Crippen LogP contribution in [0.2, 0.25) is 0 Å². The lowest BCUT2D eigenvalue weighted by Crippen LogP contribution is -2.26. The van der Waals surface area contributed by atoms with Crippen molar-refractivity contribution in [1.82, 2.24) is 0 Å². The highest BCUT2D eigenvalue weighted by molar-refractivity contribution is 7.99. The molecule has 0 aliphatic heterocycles. The summed E-state index contributed by atoms with van der Waals surface area (Å²) in [6, 6.07) is 0. The van der Waals surface area contributed by atoms with E-state index in [0.29, 0.717) is 35.8 Å². The van der Waals surface area contributed by atoms with Gasteiger partial charge >= 0.3 is 0 Å². The summed E-state index contributed by atoms with van der Waals surface area (Å²) in [5.41, 5.74) is 2.20. The van der Waals surface area contributed by atoms with Crippen molar-refractivity contribution < 1.29 is 14.7 Å². The van der Waals surface area contributed by atoms with E-state index in [2.05, 4.69) is 19.0 Å². The summed E-state index contributed by atoms with van der Waals surface area (Å²) in [6.45, 7) is 6.43. The first-order valence-electron chi connectivity index (χ1n) is 8.04. The van der Waals surface area contributed by atoms with Crippen molar-refractivity contribution in [2.75, 3.05) is 12.4 Å². The molecule has 0 bridgehead atoms. The molecule has 1 N–H and O–H groups in total. The Morgan fingerprint density at radius 1 is 1.52 bits per heavy atom. The quantitative estimate of drug-likeness (QED) is 0.363. The molecule has 0 saturated carbocycles. The van der Waals surface area contributed by atoms with Gasteiger partial charge in [-0.1, -0.05) is 37.5 Å². The predicted molar refractivity (Wildman–Crippen MR) is 98.3 cm³/mol. The number of thioether (sulfide) groups is 1. The van der Waals surface area contributed by atoms with Gasteiger partial charge < -0.3 is 9.94 Å². The Kier molecular flexibility index (Phi) is 9.41. The number of rotatable bonds is 9. The van der Waals surface area contributed by atoms with Crippen LogP contribution in [0.25, 0.3) is 0 Å². The minimum absolute atomic E-state index is 0.0375. The minimum Gasteiger partial charge on any atom is -0.511 e. The van der Waals surface area contributed by atoms with Crippen LogP contribution in [0.5, 0.6) is 0 Å². The molecule has 1 rings (SSSR count). The molecule has 0 heterocycles. The summed E-state index contributed by atoms with van der Waals surface area (Å²) in [5, 5.41) is 14.8. The SMILES string of the molecule is CCS[C@H](C)C[C@H]1CC(=O)C(/C(CC)=N\OC/C=C\Cl)=C(O)C1. The number of hydrogen-bond donors (Lipinski definition) is 1. The lowest BCUT2D eigenvalue weighted by Gasteiger charge is -2.25. The molecule has 0 saturated heterocycles. The van der Waals surface area contributed by atoms with Crippen LogP contribution in [0.1, 0.15) is 46.5 Å². The Bertz CT molecular complexity index is 488. The zero-order valence-electron chi connectivity index (χ0n) is 14.0. The first kappa shape index (κ1) is 20.1. The number of carbonyl (C=O) groups excluding carboxylic acids is 1. The van der Waals surface area contributed by atoms with E-state index in [9.17, 15) is 9.90 Å². The van der Waals surface area contributed by atoms with Crippen molar-refractivity contribution >= 4 is 34.9 Å². The van der Waals surface area contributed by atoms with Gasteiger partial charge in [0.15, 0.2) is 5.78 Å². The Hall–Kier alpha value is -0.940. The third-order valence-electron chi connectivity index (χ3n) is 3.70. The molecule has 0 amide bonds. The Morgan fingerprint density at radius 2 is 2.26 bits per heavy atom. The van der Waals surface area contributed by atoms with Gasteiger partial charge in [-0.2, -0.15) is 11.8 Å². The fourth-order valence-corrected chi connectivity index (χ4v) is 3.82. The van der Waals surface area contributed by atoms with Gasteiger partial charge in [0, 0.05) is 23.6 Å². The third-order valence-corrected chi connectivity index (χ3v) is 4.97. The predicted octanol–water partition coefficient (Wildman–Crippen LogP) is 4.84. The van der Waals surface area contributed by atoms with Crippen molar-refractivity contribution in [3.63, 3.8) is 0 Å². The normalized spacial score (nSPS) is 21.1. The van der Waals surface area contributed by atoms with Gasteiger partial charge in [-0.15, -0.1) is 0 Å². The number of nitrogens with zero attached hydrogens (tertiary/aromatic N) is 1. The van der Waals surface area contributed by atoms with E-state index in [1.165, 1.54) is 5.54 Å². The van der Waals surface area contributed by atoms with Crippen LogP contribution >= 0.6 is 23.4 Å². The van der Waals surface area contributed by atoms with Gasteiger partial charge in [0.05, 0.1) is 11.3 Å². The van der Waals surface area contributed by atoms with Gasteiger partial charge in [0.25, 0.3) is 0 Å². The first-order valence-corrected chi connectivity index (χ1v) is 9.53. The first-order chi connectivity index (χ1) is 11.0. The average molecular weight is 360 g/mol. The summed E-state index contributed by atoms with van der Waals surface area (Å²) in [6.07, 6.45) is 4.09.